The topological polar surface area (TPSA) is 118 Å². The summed E-state index contributed by atoms with van der Waals surface area (Å²) in [6.45, 7) is 22.1. The van der Waals surface area contributed by atoms with Crippen LogP contribution in [0.5, 0.6) is 0 Å². The van der Waals surface area contributed by atoms with Crippen molar-refractivity contribution in [3.05, 3.63) is 12.7 Å². The number of fused-ring (bicyclic) bond motifs is 1. The first-order valence-electron chi connectivity index (χ1n) is 11.5. The lowest BCUT2D eigenvalue weighted by Crippen LogP contribution is -2.49. The van der Waals surface area contributed by atoms with Crippen LogP contribution in [0.15, 0.2) is 12.7 Å². The van der Waals surface area contributed by atoms with Crippen LogP contribution in [0.1, 0.15) is 47.8 Å². The molecule has 0 aliphatic carbocycles. The van der Waals surface area contributed by atoms with Gasteiger partial charge in [0, 0.05) is 0 Å². The van der Waals surface area contributed by atoms with E-state index in [1.165, 1.54) is 6.33 Å². The SMILES string of the molecule is CC(C)(C)[Si](C)(C)OC[C@H]1O[C@@H](n2cnc3c(N)ncnc32)[C@@H](O[Si](C)(C)C(C)(C)C)C1O. The molecule has 186 valence electrons. The van der Waals surface area contributed by atoms with Crippen LogP contribution in [0, 0.1) is 0 Å². The molecule has 1 aliphatic rings. The summed E-state index contributed by atoms with van der Waals surface area (Å²) in [6.07, 6.45) is 0.449. The van der Waals surface area contributed by atoms with E-state index in [1.54, 1.807) is 10.9 Å². The van der Waals surface area contributed by atoms with E-state index in [2.05, 4.69) is 82.7 Å². The predicted molar refractivity (Wildman–Crippen MR) is 135 cm³/mol. The van der Waals surface area contributed by atoms with Gasteiger partial charge in [-0.3, -0.25) is 4.57 Å². The minimum Gasteiger partial charge on any atom is -0.414 e. The summed E-state index contributed by atoms with van der Waals surface area (Å²) < 4.78 is 21.3. The largest absolute Gasteiger partial charge is 0.414 e. The molecule has 3 N–H and O–H groups in total. The molecule has 3 rings (SSSR count). The molecule has 0 aromatic carbocycles. The fourth-order valence-electron chi connectivity index (χ4n) is 3.29. The lowest BCUT2D eigenvalue weighted by molar-refractivity contribution is -0.0476. The van der Waals surface area contributed by atoms with Crippen molar-refractivity contribution in [2.24, 2.45) is 0 Å². The Bertz CT molecular complexity index is 983. The molecule has 33 heavy (non-hydrogen) atoms. The molecular weight excluding hydrogens is 454 g/mol. The van der Waals surface area contributed by atoms with E-state index in [9.17, 15) is 5.11 Å². The number of nitrogens with two attached hydrogens (primary N) is 1. The number of rotatable bonds is 6. The zero-order chi connectivity index (χ0) is 25.0. The van der Waals surface area contributed by atoms with Crippen molar-refractivity contribution in [3.8, 4) is 0 Å². The first kappa shape index (κ1) is 26.2. The van der Waals surface area contributed by atoms with Crippen molar-refractivity contribution in [1.29, 1.82) is 0 Å². The van der Waals surface area contributed by atoms with Crippen LogP contribution >= 0.6 is 0 Å². The summed E-state index contributed by atoms with van der Waals surface area (Å²) in [5.41, 5.74) is 7.05. The van der Waals surface area contributed by atoms with Gasteiger partial charge in [0.2, 0.25) is 0 Å². The van der Waals surface area contributed by atoms with Crippen LogP contribution in [-0.4, -0.2) is 66.2 Å². The molecule has 0 saturated carbocycles. The van der Waals surface area contributed by atoms with Gasteiger partial charge >= 0.3 is 0 Å². The Kier molecular flexibility index (Phi) is 6.90. The van der Waals surface area contributed by atoms with E-state index in [-0.39, 0.29) is 10.1 Å². The third-order valence-electron chi connectivity index (χ3n) is 7.63. The maximum atomic E-state index is 11.4. The van der Waals surface area contributed by atoms with Crippen molar-refractivity contribution in [1.82, 2.24) is 19.5 Å². The number of anilines is 1. The van der Waals surface area contributed by atoms with Gasteiger partial charge in [0.1, 0.15) is 30.2 Å². The first-order chi connectivity index (χ1) is 15.0. The van der Waals surface area contributed by atoms with Gasteiger partial charge < -0.3 is 24.4 Å². The number of hydrogen-bond acceptors (Lipinski definition) is 8. The molecule has 11 heteroatoms. The number of aliphatic hydroxyl groups excluding tert-OH is 1. The average Bonchev–Trinajstić information content (AvgIpc) is 3.21. The Morgan fingerprint density at radius 2 is 1.64 bits per heavy atom. The fourth-order valence-corrected chi connectivity index (χ4v) is 5.59. The van der Waals surface area contributed by atoms with E-state index in [0.717, 1.165) is 0 Å². The molecule has 2 aromatic rings. The van der Waals surface area contributed by atoms with Crippen molar-refractivity contribution in [2.45, 2.75) is 102 Å². The summed E-state index contributed by atoms with van der Waals surface area (Å²) in [4.78, 5) is 12.8. The molecule has 1 unspecified atom stereocenters. The molecule has 1 saturated heterocycles. The van der Waals surface area contributed by atoms with Gasteiger partial charge in [-0.1, -0.05) is 41.5 Å². The van der Waals surface area contributed by atoms with Gasteiger partial charge in [-0.2, -0.15) is 0 Å². The van der Waals surface area contributed by atoms with Gasteiger partial charge in [-0.15, -0.1) is 0 Å². The highest BCUT2D eigenvalue weighted by atomic mass is 28.4. The summed E-state index contributed by atoms with van der Waals surface area (Å²) >= 11 is 0. The number of nitrogen functional groups attached to an aromatic ring is 1. The lowest BCUT2D eigenvalue weighted by Gasteiger charge is -2.40. The zero-order valence-corrected chi connectivity index (χ0v) is 23.7. The van der Waals surface area contributed by atoms with Crippen LogP contribution < -0.4 is 5.73 Å². The van der Waals surface area contributed by atoms with Crippen LogP contribution in [0.25, 0.3) is 11.2 Å². The van der Waals surface area contributed by atoms with Gasteiger partial charge in [0.25, 0.3) is 0 Å². The highest BCUT2D eigenvalue weighted by Gasteiger charge is 2.51. The number of imidazole rings is 1. The van der Waals surface area contributed by atoms with Crippen LogP contribution in [0.2, 0.25) is 36.3 Å². The van der Waals surface area contributed by atoms with E-state index < -0.39 is 41.2 Å². The van der Waals surface area contributed by atoms with E-state index >= 15 is 0 Å². The van der Waals surface area contributed by atoms with Crippen LogP contribution in [0.3, 0.4) is 0 Å². The average molecular weight is 496 g/mol. The molecule has 2 aromatic heterocycles. The molecule has 0 spiro atoms. The molecule has 3 heterocycles. The fraction of sp³-hybridized carbons (Fsp3) is 0.773. The van der Waals surface area contributed by atoms with Crippen molar-refractivity contribution in [3.63, 3.8) is 0 Å². The van der Waals surface area contributed by atoms with Crippen molar-refractivity contribution < 1.29 is 18.7 Å². The third-order valence-corrected chi connectivity index (χ3v) is 16.6. The van der Waals surface area contributed by atoms with E-state index in [0.29, 0.717) is 23.6 Å². The Morgan fingerprint density at radius 1 is 1.03 bits per heavy atom. The molecule has 9 nitrogen and oxygen atoms in total. The third kappa shape index (κ3) is 5.03. The Hall–Kier alpha value is -1.38. The number of aliphatic hydroxyl groups is 1. The maximum Gasteiger partial charge on any atom is 0.192 e. The molecule has 0 radical (unpaired) electrons. The number of aromatic nitrogens is 4. The molecule has 0 bridgehead atoms. The summed E-state index contributed by atoms with van der Waals surface area (Å²) in [7, 11) is -4.25. The molecular formula is C22H41N5O4Si2. The van der Waals surface area contributed by atoms with Gasteiger partial charge in [0.05, 0.1) is 12.9 Å². The molecule has 1 fully saturated rings. The van der Waals surface area contributed by atoms with Crippen LogP contribution in [-0.2, 0) is 13.6 Å². The Balaban J connectivity index is 1.95. The summed E-state index contributed by atoms with van der Waals surface area (Å²) in [6, 6.07) is 0. The predicted octanol–water partition coefficient (Wildman–Crippen LogP) is 4.08. The first-order valence-corrected chi connectivity index (χ1v) is 17.4. The minimum absolute atomic E-state index is 0.0312. The lowest BCUT2D eigenvalue weighted by atomic mass is 10.1. The second-order valence-corrected chi connectivity index (χ2v) is 21.6. The number of ether oxygens (including phenoxy) is 1. The minimum atomic E-state index is -2.23. The molecule has 1 aliphatic heterocycles. The number of hydrogen-bond donors (Lipinski definition) is 2. The quantitative estimate of drug-likeness (QED) is 0.576. The van der Waals surface area contributed by atoms with Gasteiger partial charge in [0.15, 0.2) is 34.3 Å². The second-order valence-electron chi connectivity index (χ2n) is 12.1. The van der Waals surface area contributed by atoms with Gasteiger partial charge in [-0.25, -0.2) is 15.0 Å². The monoisotopic (exact) mass is 495 g/mol. The van der Waals surface area contributed by atoms with E-state index in [1.807, 2.05) is 0 Å². The molecule has 4 atom stereocenters. The second kappa shape index (κ2) is 8.69. The van der Waals surface area contributed by atoms with Crippen molar-refractivity contribution >= 4 is 33.6 Å². The number of nitrogens with zero attached hydrogens (tertiary/aromatic N) is 4. The standard InChI is InChI=1S/C22H41N5O4Si2/c1-21(2,3)32(7,8)29-11-14-16(28)17(31-33(9,10)22(4,5)6)20(30-14)27-13-26-15-18(23)24-12-25-19(15)27/h12-14,16-17,20,28H,11H2,1-10H3,(H2,23,24,25)/t14-,16?,17+,20-/m1/s1. The highest BCUT2D eigenvalue weighted by Crippen LogP contribution is 2.43. The smallest absolute Gasteiger partial charge is 0.192 e. The highest BCUT2D eigenvalue weighted by molar-refractivity contribution is 6.74. The van der Waals surface area contributed by atoms with Crippen molar-refractivity contribution in [2.75, 3.05) is 12.3 Å². The molecule has 0 amide bonds. The summed E-state index contributed by atoms with van der Waals surface area (Å²) in [5.74, 6) is 0.303. The van der Waals surface area contributed by atoms with E-state index in [4.69, 9.17) is 19.3 Å². The Morgan fingerprint density at radius 3 is 2.21 bits per heavy atom. The Labute approximate surface area is 199 Å². The van der Waals surface area contributed by atoms with Gasteiger partial charge in [-0.05, 0) is 36.3 Å². The normalized spacial score (nSPS) is 25.2. The van der Waals surface area contributed by atoms with Crippen LogP contribution in [0.4, 0.5) is 5.82 Å². The maximum absolute atomic E-state index is 11.4. The summed E-state index contributed by atoms with van der Waals surface area (Å²) in [5, 5.41) is 11.4. The zero-order valence-electron chi connectivity index (χ0n) is 21.7.